The van der Waals surface area contributed by atoms with Gasteiger partial charge in [0.2, 0.25) is 0 Å². The molecule has 0 aromatic carbocycles. The molecule has 4 nitrogen and oxygen atoms in total. The fourth-order valence-corrected chi connectivity index (χ4v) is 3.63. The molecule has 18 heavy (non-hydrogen) atoms. The Bertz CT molecular complexity index is 323. The van der Waals surface area contributed by atoms with E-state index in [1.54, 1.807) is 0 Å². The van der Waals surface area contributed by atoms with Crippen molar-refractivity contribution < 1.29 is 19.1 Å². The predicted molar refractivity (Wildman–Crippen MR) is 65.8 cm³/mol. The number of ether oxygens (including phenoxy) is 2. The van der Waals surface area contributed by atoms with Crippen LogP contribution < -0.4 is 0 Å². The van der Waals surface area contributed by atoms with Crippen LogP contribution in [0.3, 0.4) is 0 Å². The number of esters is 2. The maximum atomic E-state index is 11.9. The third kappa shape index (κ3) is 2.25. The number of fused-ring (bicyclic) bond motifs is 3. The second-order valence-corrected chi connectivity index (χ2v) is 5.85. The van der Waals surface area contributed by atoms with Gasteiger partial charge in [0.15, 0.2) is 0 Å². The molecule has 3 fully saturated rings. The summed E-state index contributed by atoms with van der Waals surface area (Å²) in [4.78, 5) is 23.1. The van der Waals surface area contributed by atoms with Crippen LogP contribution in [0.2, 0.25) is 0 Å². The minimum absolute atomic E-state index is 0.0382. The van der Waals surface area contributed by atoms with Crippen molar-refractivity contribution in [3.63, 3.8) is 0 Å². The van der Waals surface area contributed by atoms with Crippen LogP contribution >= 0.6 is 0 Å². The summed E-state index contributed by atoms with van der Waals surface area (Å²) in [5, 5.41) is 0. The summed E-state index contributed by atoms with van der Waals surface area (Å²) in [6, 6.07) is 0. The Morgan fingerprint density at radius 3 is 1.94 bits per heavy atom. The molecular formula is C14H22O4. The quantitative estimate of drug-likeness (QED) is 0.723. The maximum absolute atomic E-state index is 11.9. The first-order valence-electron chi connectivity index (χ1n) is 6.71. The Morgan fingerprint density at radius 2 is 1.50 bits per heavy atom. The van der Waals surface area contributed by atoms with Gasteiger partial charge < -0.3 is 9.47 Å². The molecule has 3 rings (SSSR count). The van der Waals surface area contributed by atoms with Crippen molar-refractivity contribution >= 4 is 11.9 Å². The van der Waals surface area contributed by atoms with Crippen LogP contribution in [0.25, 0.3) is 0 Å². The maximum Gasteiger partial charge on any atom is 0.311 e. The SMILES string of the molecule is COC(=O)CCC12CCC(C(=O)OC)(CC1)CC2. The van der Waals surface area contributed by atoms with Crippen LogP contribution in [0, 0.1) is 10.8 Å². The zero-order valence-electron chi connectivity index (χ0n) is 11.3. The van der Waals surface area contributed by atoms with E-state index in [1.807, 2.05) is 0 Å². The van der Waals surface area contributed by atoms with Crippen LogP contribution in [-0.2, 0) is 19.1 Å². The summed E-state index contributed by atoms with van der Waals surface area (Å²) in [6.07, 6.45) is 7.28. The fourth-order valence-electron chi connectivity index (χ4n) is 3.63. The molecule has 3 saturated carbocycles. The lowest BCUT2D eigenvalue weighted by molar-refractivity contribution is -0.163. The first-order chi connectivity index (χ1) is 8.56. The van der Waals surface area contributed by atoms with E-state index in [4.69, 9.17) is 9.47 Å². The molecule has 3 aliphatic rings. The second-order valence-electron chi connectivity index (χ2n) is 5.85. The number of carbonyl (C=O) groups excluding carboxylic acids is 2. The van der Waals surface area contributed by atoms with E-state index in [-0.39, 0.29) is 22.8 Å². The molecule has 0 aromatic rings. The third-order valence-electron chi connectivity index (χ3n) is 5.11. The van der Waals surface area contributed by atoms with E-state index >= 15 is 0 Å². The molecule has 4 heteroatoms. The van der Waals surface area contributed by atoms with Crippen LogP contribution in [0.1, 0.15) is 51.4 Å². The lowest BCUT2D eigenvalue weighted by Crippen LogP contribution is -2.46. The molecule has 0 N–H and O–H groups in total. The van der Waals surface area contributed by atoms with Crippen LogP contribution in [0.5, 0.6) is 0 Å². The first kappa shape index (κ1) is 13.4. The Balaban J connectivity index is 1.95. The van der Waals surface area contributed by atoms with E-state index in [1.165, 1.54) is 14.2 Å². The van der Waals surface area contributed by atoms with E-state index in [9.17, 15) is 9.59 Å². The Labute approximate surface area is 108 Å². The molecule has 0 radical (unpaired) electrons. The summed E-state index contributed by atoms with van der Waals surface area (Å²) in [7, 11) is 2.91. The van der Waals surface area contributed by atoms with Gasteiger partial charge in [0.1, 0.15) is 0 Å². The van der Waals surface area contributed by atoms with E-state index < -0.39 is 0 Å². The lowest BCUT2D eigenvalue weighted by atomic mass is 9.52. The summed E-state index contributed by atoms with van der Waals surface area (Å²) in [6.45, 7) is 0. The number of hydrogen-bond donors (Lipinski definition) is 0. The lowest BCUT2D eigenvalue weighted by Gasteiger charge is -2.52. The Morgan fingerprint density at radius 1 is 0.944 bits per heavy atom. The van der Waals surface area contributed by atoms with Gasteiger partial charge in [-0.2, -0.15) is 0 Å². The van der Waals surface area contributed by atoms with E-state index in [2.05, 4.69) is 0 Å². The number of methoxy groups -OCH3 is 2. The highest BCUT2D eigenvalue weighted by Crippen LogP contribution is 2.59. The van der Waals surface area contributed by atoms with Crippen molar-refractivity contribution in [3.8, 4) is 0 Å². The van der Waals surface area contributed by atoms with Gasteiger partial charge in [-0.3, -0.25) is 9.59 Å². The van der Waals surface area contributed by atoms with Gasteiger partial charge in [0, 0.05) is 6.42 Å². The third-order valence-corrected chi connectivity index (χ3v) is 5.11. The van der Waals surface area contributed by atoms with Gasteiger partial charge in [-0.15, -0.1) is 0 Å². The van der Waals surface area contributed by atoms with Crippen molar-refractivity contribution in [1.82, 2.24) is 0 Å². The highest BCUT2D eigenvalue weighted by atomic mass is 16.5. The summed E-state index contributed by atoms with van der Waals surface area (Å²) < 4.78 is 9.65. The van der Waals surface area contributed by atoms with Gasteiger partial charge in [0.05, 0.1) is 19.6 Å². The van der Waals surface area contributed by atoms with Crippen molar-refractivity contribution in [2.24, 2.45) is 10.8 Å². The van der Waals surface area contributed by atoms with Crippen molar-refractivity contribution in [2.45, 2.75) is 51.4 Å². The number of hydrogen-bond acceptors (Lipinski definition) is 4. The summed E-state index contributed by atoms with van der Waals surface area (Å²) in [5.41, 5.74) is 0.0473. The van der Waals surface area contributed by atoms with Crippen LogP contribution in [-0.4, -0.2) is 26.2 Å². The van der Waals surface area contributed by atoms with Gasteiger partial charge >= 0.3 is 11.9 Å². The second kappa shape index (κ2) is 4.90. The van der Waals surface area contributed by atoms with Gasteiger partial charge in [-0.05, 0) is 50.4 Å². The molecule has 2 bridgehead atoms. The fraction of sp³-hybridized carbons (Fsp3) is 0.857. The molecule has 0 spiro atoms. The van der Waals surface area contributed by atoms with Crippen LogP contribution in [0.15, 0.2) is 0 Å². The molecule has 0 unspecified atom stereocenters. The molecule has 0 atom stereocenters. The monoisotopic (exact) mass is 254 g/mol. The van der Waals surface area contributed by atoms with E-state index in [0.717, 1.165) is 44.9 Å². The standard InChI is InChI=1S/C14H22O4/c1-17-11(15)3-4-13-5-8-14(9-6-13,10-7-13)12(16)18-2/h3-10H2,1-2H3. The predicted octanol–water partition coefficient (Wildman–Crippen LogP) is 2.45. The summed E-state index contributed by atoms with van der Waals surface area (Å²) in [5.74, 6) is -0.163. The topological polar surface area (TPSA) is 52.6 Å². The van der Waals surface area contributed by atoms with Gasteiger partial charge in [-0.1, -0.05) is 0 Å². The van der Waals surface area contributed by atoms with Crippen molar-refractivity contribution in [1.29, 1.82) is 0 Å². The average molecular weight is 254 g/mol. The molecule has 0 saturated heterocycles. The average Bonchev–Trinajstić information content (AvgIpc) is 2.45. The molecule has 0 aliphatic heterocycles. The minimum atomic E-state index is -0.220. The number of carbonyl (C=O) groups is 2. The Kier molecular flexibility index (Phi) is 3.64. The van der Waals surface area contributed by atoms with Gasteiger partial charge in [0.25, 0.3) is 0 Å². The van der Waals surface area contributed by atoms with Crippen molar-refractivity contribution in [3.05, 3.63) is 0 Å². The zero-order valence-corrected chi connectivity index (χ0v) is 11.3. The first-order valence-corrected chi connectivity index (χ1v) is 6.71. The minimum Gasteiger partial charge on any atom is -0.469 e. The normalized spacial score (nSPS) is 34.1. The van der Waals surface area contributed by atoms with Gasteiger partial charge in [-0.25, -0.2) is 0 Å². The van der Waals surface area contributed by atoms with E-state index in [0.29, 0.717) is 6.42 Å². The molecule has 102 valence electrons. The number of rotatable bonds is 4. The van der Waals surface area contributed by atoms with Crippen molar-refractivity contribution in [2.75, 3.05) is 14.2 Å². The largest absolute Gasteiger partial charge is 0.469 e. The summed E-state index contributed by atoms with van der Waals surface area (Å²) >= 11 is 0. The zero-order chi connectivity index (χ0) is 13.2. The molecular weight excluding hydrogens is 232 g/mol. The smallest absolute Gasteiger partial charge is 0.311 e. The molecule has 3 aliphatic carbocycles. The highest BCUT2D eigenvalue weighted by Gasteiger charge is 2.52. The Hall–Kier alpha value is -1.06. The van der Waals surface area contributed by atoms with Crippen LogP contribution in [0.4, 0.5) is 0 Å². The molecule has 0 aromatic heterocycles. The highest BCUT2D eigenvalue weighted by molar-refractivity contribution is 5.77. The molecule has 0 heterocycles. The molecule has 0 amide bonds.